The predicted octanol–water partition coefficient (Wildman–Crippen LogP) is 3.46. The summed E-state index contributed by atoms with van der Waals surface area (Å²) in [6, 6.07) is 9.39. The number of anilines is 2. The van der Waals surface area contributed by atoms with Gasteiger partial charge in [-0.25, -0.2) is 24.0 Å². The lowest BCUT2D eigenvalue weighted by Crippen LogP contribution is -2.28. The van der Waals surface area contributed by atoms with E-state index in [0.717, 1.165) is 37.6 Å². The zero-order valence-electron chi connectivity index (χ0n) is 20.4. The van der Waals surface area contributed by atoms with Crippen LogP contribution >= 0.6 is 0 Å². The van der Waals surface area contributed by atoms with Crippen LogP contribution < -0.4 is 11.1 Å². The van der Waals surface area contributed by atoms with Crippen LogP contribution in [0.1, 0.15) is 29.2 Å². The van der Waals surface area contributed by atoms with Gasteiger partial charge in [0.15, 0.2) is 5.65 Å². The largest absolute Gasteiger partial charge is 0.383 e. The Labute approximate surface area is 217 Å². The zero-order valence-corrected chi connectivity index (χ0v) is 20.4. The molecule has 2 fully saturated rings. The van der Waals surface area contributed by atoms with E-state index in [1.165, 1.54) is 24.7 Å². The molecule has 2 atom stereocenters. The van der Waals surface area contributed by atoms with Crippen molar-refractivity contribution >= 4 is 34.5 Å². The van der Waals surface area contributed by atoms with E-state index >= 15 is 0 Å². The number of fused-ring (bicyclic) bond motifs is 2. The third kappa shape index (κ3) is 4.15. The molecule has 1 saturated carbocycles. The number of hydrogen-bond donors (Lipinski definition) is 2. The van der Waals surface area contributed by atoms with Crippen molar-refractivity contribution in [1.82, 2.24) is 29.6 Å². The molecule has 2 amide bonds. The molecule has 1 aliphatic carbocycles. The van der Waals surface area contributed by atoms with Crippen molar-refractivity contribution in [3.8, 4) is 11.3 Å². The highest BCUT2D eigenvalue weighted by atomic mass is 19.1. The number of nitrogens with zero attached hydrogens (tertiary/aromatic N) is 6. The molecule has 11 heteroatoms. The number of nitrogen functional groups attached to an aromatic ring is 1. The van der Waals surface area contributed by atoms with Crippen LogP contribution in [0.5, 0.6) is 0 Å². The third-order valence-electron chi connectivity index (χ3n) is 7.46. The summed E-state index contributed by atoms with van der Waals surface area (Å²) in [5.41, 5.74) is 8.73. The van der Waals surface area contributed by atoms with E-state index in [-0.39, 0.29) is 17.8 Å². The molecule has 4 heterocycles. The van der Waals surface area contributed by atoms with Gasteiger partial charge in [0.05, 0.1) is 11.4 Å². The van der Waals surface area contributed by atoms with Crippen LogP contribution in [0, 0.1) is 17.7 Å². The van der Waals surface area contributed by atoms with Crippen molar-refractivity contribution in [3.63, 3.8) is 0 Å². The molecule has 0 spiro atoms. The van der Waals surface area contributed by atoms with Gasteiger partial charge in [0.25, 0.3) is 5.91 Å². The molecular formula is C27H25FN8O2. The van der Waals surface area contributed by atoms with Gasteiger partial charge in [-0.05, 0) is 49.0 Å². The van der Waals surface area contributed by atoms with Crippen LogP contribution in [0.2, 0.25) is 0 Å². The summed E-state index contributed by atoms with van der Waals surface area (Å²) < 4.78 is 15.4. The Morgan fingerprint density at radius 1 is 1.08 bits per heavy atom. The summed E-state index contributed by atoms with van der Waals surface area (Å²) in [5, 5.41) is 8.19. The molecule has 3 aromatic heterocycles. The lowest BCUT2D eigenvalue weighted by Gasteiger charge is -2.18. The van der Waals surface area contributed by atoms with Gasteiger partial charge in [-0.2, -0.15) is 5.10 Å². The number of carbonyl (C=O) groups is 2. The minimum absolute atomic E-state index is 0.0207. The van der Waals surface area contributed by atoms with Crippen molar-refractivity contribution in [2.75, 3.05) is 24.1 Å². The summed E-state index contributed by atoms with van der Waals surface area (Å²) in [7, 11) is 0. The normalized spacial score (nSPS) is 20.4. The van der Waals surface area contributed by atoms with Crippen LogP contribution in [0.15, 0.2) is 61.6 Å². The van der Waals surface area contributed by atoms with E-state index in [0.29, 0.717) is 39.9 Å². The summed E-state index contributed by atoms with van der Waals surface area (Å²) in [5.74, 6) is 0.346. The third-order valence-corrected chi connectivity index (χ3v) is 7.46. The monoisotopic (exact) mass is 512 g/mol. The molecule has 2 aliphatic rings. The number of nitrogens with one attached hydrogen (secondary N) is 1. The molecule has 0 bridgehead atoms. The van der Waals surface area contributed by atoms with Gasteiger partial charge >= 0.3 is 0 Å². The van der Waals surface area contributed by atoms with Crippen molar-refractivity contribution < 1.29 is 14.0 Å². The molecule has 38 heavy (non-hydrogen) atoms. The summed E-state index contributed by atoms with van der Waals surface area (Å²) in [6.07, 6.45) is 5.88. The van der Waals surface area contributed by atoms with E-state index in [9.17, 15) is 14.0 Å². The van der Waals surface area contributed by atoms with Crippen LogP contribution in [0.25, 0.3) is 22.3 Å². The van der Waals surface area contributed by atoms with Gasteiger partial charge in [0.2, 0.25) is 5.91 Å². The fourth-order valence-electron chi connectivity index (χ4n) is 5.67. The predicted molar refractivity (Wildman–Crippen MR) is 139 cm³/mol. The molecular weight excluding hydrogens is 487 g/mol. The summed E-state index contributed by atoms with van der Waals surface area (Å²) in [4.78, 5) is 39.2. The van der Waals surface area contributed by atoms with Gasteiger partial charge in [-0.3, -0.25) is 9.59 Å². The Morgan fingerprint density at radius 3 is 2.50 bits per heavy atom. The number of likely N-dealkylation sites (tertiary alicyclic amines) is 1. The second-order valence-corrected chi connectivity index (χ2v) is 9.73. The molecule has 10 nitrogen and oxygen atoms in total. The second kappa shape index (κ2) is 9.33. The highest BCUT2D eigenvalue weighted by Gasteiger charge is 2.43. The van der Waals surface area contributed by atoms with Gasteiger partial charge in [0.1, 0.15) is 29.5 Å². The SMILES string of the molecule is C=CC(=O)N1CC2CC(n3nc(-c4ccc(C(=O)Nc5cc(F)ccn5)cc4)c4c(N)ncnc43)CC2C1. The first-order valence-electron chi connectivity index (χ1n) is 12.3. The molecule has 0 radical (unpaired) electrons. The number of hydrogen-bond acceptors (Lipinski definition) is 7. The lowest BCUT2D eigenvalue weighted by atomic mass is 10.0. The van der Waals surface area contributed by atoms with Gasteiger partial charge in [-0.15, -0.1) is 0 Å². The quantitative estimate of drug-likeness (QED) is 0.392. The fourth-order valence-corrected chi connectivity index (χ4v) is 5.67. The van der Waals surface area contributed by atoms with E-state index < -0.39 is 11.7 Å². The van der Waals surface area contributed by atoms with E-state index in [4.69, 9.17) is 10.8 Å². The number of pyridine rings is 1. The molecule has 192 valence electrons. The van der Waals surface area contributed by atoms with Crippen LogP contribution in [0.4, 0.5) is 16.0 Å². The number of benzene rings is 1. The minimum Gasteiger partial charge on any atom is -0.383 e. The number of amides is 2. The van der Waals surface area contributed by atoms with Gasteiger partial charge in [-0.1, -0.05) is 18.7 Å². The van der Waals surface area contributed by atoms with Crippen LogP contribution in [-0.2, 0) is 4.79 Å². The number of rotatable bonds is 5. The maximum Gasteiger partial charge on any atom is 0.256 e. The van der Waals surface area contributed by atoms with Crippen LogP contribution in [0.3, 0.4) is 0 Å². The average Bonchev–Trinajstić information content (AvgIpc) is 3.60. The second-order valence-electron chi connectivity index (χ2n) is 9.73. The van der Waals surface area contributed by atoms with Crippen molar-refractivity contribution in [2.45, 2.75) is 18.9 Å². The molecule has 4 aromatic rings. The van der Waals surface area contributed by atoms with Crippen molar-refractivity contribution in [1.29, 1.82) is 0 Å². The van der Waals surface area contributed by atoms with Crippen LogP contribution in [-0.4, -0.2) is 54.5 Å². The van der Waals surface area contributed by atoms with E-state index in [1.807, 2.05) is 9.58 Å². The van der Waals surface area contributed by atoms with Crippen molar-refractivity contribution in [2.24, 2.45) is 11.8 Å². The van der Waals surface area contributed by atoms with E-state index in [2.05, 4.69) is 26.8 Å². The Hall–Kier alpha value is -4.67. The van der Waals surface area contributed by atoms with Crippen molar-refractivity contribution in [3.05, 3.63) is 73.0 Å². The Bertz CT molecular complexity index is 1550. The minimum atomic E-state index is -0.485. The molecule has 6 rings (SSSR count). The first-order chi connectivity index (χ1) is 18.4. The Morgan fingerprint density at radius 2 is 1.82 bits per heavy atom. The maximum absolute atomic E-state index is 13.4. The topological polar surface area (TPSA) is 132 Å². The molecule has 1 aromatic carbocycles. The highest BCUT2D eigenvalue weighted by molar-refractivity contribution is 6.04. The first-order valence-corrected chi connectivity index (χ1v) is 12.3. The highest BCUT2D eigenvalue weighted by Crippen LogP contribution is 2.45. The summed E-state index contributed by atoms with van der Waals surface area (Å²) in [6.45, 7) is 5.05. The van der Waals surface area contributed by atoms with Gasteiger partial charge in [0, 0.05) is 36.5 Å². The number of nitrogens with two attached hydrogens (primary N) is 1. The van der Waals surface area contributed by atoms with Gasteiger partial charge < -0.3 is 16.0 Å². The smallest absolute Gasteiger partial charge is 0.256 e. The molecule has 2 unspecified atom stereocenters. The maximum atomic E-state index is 13.4. The van der Waals surface area contributed by atoms with E-state index in [1.54, 1.807) is 24.3 Å². The first kappa shape index (κ1) is 23.7. The number of halogens is 1. The summed E-state index contributed by atoms with van der Waals surface area (Å²) >= 11 is 0. The number of aromatic nitrogens is 5. The standard InChI is InChI=1S/C27H25FN8O2/c1-2-22(37)35-12-17-9-20(10-18(17)13-35)36-26-23(25(29)31-14-32-26)24(34-36)15-3-5-16(6-4-15)27(38)33-21-11-19(28)7-8-30-21/h2-8,11,14,17-18,20H,1,9-10,12-13H2,(H2,29,31,32)(H,30,33,38). The average molecular weight is 513 g/mol. The lowest BCUT2D eigenvalue weighted by molar-refractivity contribution is -0.125. The Kier molecular flexibility index (Phi) is 5.82. The fraction of sp³-hybridized carbons (Fsp3) is 0.259. The molecule has 1 aliphatic heterocycles. The molecule has 3 N–H and O–H groups in total. The zero-order chi connectivity index (χ0) is 26.4. The Balaban J connectivity index is 1.27. The number of carbonyl (C=O) groups excluding carboxylic acids is 2. The molecule has 1 saturated heterocycles.